The molecule has 0 saturated heterocycles. The highest BCUT2D eigenvalue weighted by Gasteiger charge is 2.40. The fraction of sp³-hybridized carbons (Fsp3) is 1.00. The summed E-state index contributed by atoms with van der Waals surface area (Å²) in [7, 11) is 0. The van der Waals surface area contributed by atoms with E-state index in [1.807, 2.05) is 0 Å². The maximum atomic E-state index is 2.49. The Morgan fingerprint density at radius 3 is 2.14 bits per heavy atom. The molecule has 1 aliphatic carbocycles. The normalized spacial score (nSPS) is 32.4. The lowest BCUT2D eigenvalue weighted by Gasteiger charge is -2.28. The van der Waals surface area contributed by atoms with E-state index in [1.165, 1.54) is 25.7 Å². The van der Waals surface area contributed by atoms with E-state index in [0.29, 0.717) is 0 Å². The Morgan fingerprint density at radius 1 is 1.21 bits per heavy atom. The van der Waals surface area contributed by atoms with E-state index in [4.69, 9.17) is 0 Å². The zero-order valence-electron chi connectivity index (χ0n) is 10.7. The predicted molar refractivity (Wildman–Crippen MR) is 64.3 cm³/mol. The first kappa shape index (κ1) is 12.1. The van der Waals surface area contributed by atoms with Crippen LogP contribution in [0, 0.1) is 29.6 Å². The van der Waals surface area contributed by atoms with E-state index in [2.05, 4.69) is 34.6 Å². The van der Waals surface area contributed by atoms with Gasteiger partial charge in [0.2, 0.25) is 0 Å². The van der Waals surface area contributed by atoms with E-state index in [1.54, 1.807) is 0 Å². The van der Waals surface area contributed by atoms with Crippen molar-refractivity contribution in [2.75, 3.05) is 0 Å². The van der Waals surface area contributed by atoms with Crippen LogP contribution in [-0.4, -0.2) is 0 Å². The molecule has 1 fully saturated rings. The van der Waals surface area contributed by atoms with E-state index >= 15 is 0 Å². The van der Waals surface area contributed by atoms with Gasteiger partial charge in [0, 0.05) is 0 Å². The van der Waals surface area contributed by atoms with Crippen LogP contribution in [0.25, 0.3) is 0 Å². The van der Waals surface area contributed by atoms with Crippen molar-refractivity contribution >= 4 is 0 Å². The Balaban J connectivity index is 2.40. The summed E-state index contributed by atoms with van der Waals surface area (Å²) < 4.78 is 0. The quantitative estimate of drug-likeness (QED) is 0.575. The van der Waals surface area contributed by atoms with Crippen LogP contribution < -0.4 is 0 Å². The molecular weight excluding hydrogens is 168 g/mol. The third-order valence-electron chi connectivity index (χ3n) is 4.60. The van der Waals surface area contributed by atoms with Gasteiger partial charge in [0.1, 0.15) is 0 Å². The molecule has 0 bridgehead atoms. The molecule has 84 valence electrons. The van der Waals surface area contributed by atoms with E-state index < -0.39 is 0 Å². The van der Waals surface area contributed by atoms with E-state index in [9.17, 15) is 0 Å². The first-order valence-electron chi connectivity index (χ1n) is 6.61. The lowest BCUT2D eigenvalue weighted by atomic mass is 9.77. The molecule has 0 heterocycles. The van der Waals surface area contributed by atoms with Gasteiger partial charge in [-0.1, -0.05) is 53.9 Å². The van der Waals surface area contributed by atoms with Crippen molar-refractivity contribution in [3.8, 4) is 0 Å². The van der Waals surface area contributed by atoms with Gasteiger partial charge in [-0.2, -0.15) is 0 Å². The largest absolute Gasteiger partial charge is 0.0654 e. The SMILES string of the molecule is CCCC(CC)C(C)C(C)C1CC1C. The zero-order valence-corrected chi connectivity index (χ0v) is 10.7. The predicted octanol–water partition coefficient (Wildman–Crippen LogP) is 4.74. The lowest BCUT2D eigenvalue weighted by Crippen LogP contribution is -2.20. The molecule has 0 heteroatoms. The summed E-state index contributed by atoms with van der Waals surface area (Å²) in [5.74, 6) is 4.95. The van der Waals surface area contributed by atoms with Crippen LogP contribution in [0.5, 0.6) is 0 Å². The van der Waals surface area contributed by atoms with Crippen molar-refractivity contribution < 1.29 is 0 Å². The zero-order chi connectivity index (χ0) is 10.7. The maximum absolute atomic E-state index is 2.49. The third kappa shape index (κ3) is 2.74. The fourth-order valence-corrected chi connectivity index (χ4v) is 3.11. The topological polar surface area (TPSA) is 0 Å². The van der Waals surface area contributed by atoms with Crippen molar-refractivity contribution in [3.05, 3.63) is 0 Å². The second-order valence-corrected chi connectivity index (χ2v) is 5.55. The summed E-state index contributed by atoms with van der Waals surface area (Å²) in [6, 6.07) is 0. The first-order chi connectivity index (χ1) is 6.61. The molecule has 5 atom stereocenters. The van der Waals surface area contributed by atoms with Gasteiger partial charge in [-0.05, 0) is 36.0 Å². The Kier molecular flexibility index (Phi) is 4.47. The van der Waals surface area contributed by atoms with Crippen LogP contribution in [0.2, 0.25) is 0 Å². The number of hydrogen-bond acceptors (Lipinski definition) is 0. The standard InChI is InChI=1S/C14H28/c1-6-8-13(7-2)11(4)12(5)14-9-10(14)3/h10-14H,6-9H2,1-5H3. The molecule has 0 aromatic rings. The van der Waals surface area contributed by atoms with Gasteiger partial charge < -0.3 is 0 Å². The average Bonchev–Trinajstić information content (AvgIpc) is 2.89. The molecule has 1 rings (SSSR count). The van der Waals surface area contributed by atoms with Crippen LogP contribution in [0.3, 0.4) is 0 Å². The van der Waals surface area contributed by atoms with Gasteiger partial charge in [0.25, 0.3) is 0 Å². The average molecular weight is 196 g/mol. The van der Waals surface area contributed by atoms with E-state index in [-0.39, 0.29) is 0 Å². The van der Waals surface area contributed by atoms with Gasteiger partial charge in [-0.15, -0.1) is 0 Å². The summed E-state index contributed by atoms with van der Waals surface area (Å²) >= 11 is 0. The van der Waals surface area contributed by atoms with Crippen LogP contribution in [0.15, 0.2) is 0 Å². The van der Waals surface area contributed by atoms with Crippen molar-refractivity contribution in [2.45, 2.75) is 60.3 Å². The summed E-state index contributed by atoms with van der Waals surface area (Å²) in [5, 5.41) is 0. The van der Waals surface area contributed by atoms with Gasteiger partial charge in [-0.25, -0.2) is 0 Å². The number of rotatable bonds is 6. The molecule has 0 amide bonds. The summed E-state index contributed by atoms with van der Waals surface area (Å²) in [6.45, 7) is 12.1. The van der Waals surface area contributed by atoms with Crippen LogP contribution in [0.4, 0.5) is 0 Å². The molecule has 0 N–H and O–H groups in total. The summed E-state index contributed by atoms with van der Waals surface area (Å²) in [4.78, 5) is 0. The van der Waals surface area contributed by atoms with E-state index in [0.717, 1.165) is 29.6 Å². The first-order valence-corrected chi connectivity index (χ1v) is 6.61. The van der Waals surface area contributed by atoms with Crippen LogP contribution in [-0.2, 0) is 0 Å². The second-order valence-electron chi connectivity index (χ2n) is 5.55. The molecule has 5 unspecified atom stereocenters. The molecule has 0 spiro atoms. The summed E-state index contributed by atoms with van der Waals surface area (Å²) in [6.07, 6.45) is 5.66. The van der Waals surface area contributed by atoms with Crippen LogP contribution >= 0.6 is 0 Å². The van der Waals surface area contributed by atoms with Gasteiger partial charge >= 0.3 is 0 Å². The Morgan fingerprint density at radius 2 is 1.79 bits per heavy atom. The highest BCUT2D eigenvalue weighted by molar-refractivity contribution is 4.89. The molecule has 14 heavy (non-hydrogen) atoms. The minimum atomic E-state index is 0.940. The smallest absolute Gasteiger partial charge is 0.0357 e. The summed E-state index contributed by atoms with van der Waals surface area (Å²) in [5.41, 5.74) is 0. The van der Waals surface area contributed by atoms with Crippen LogP contribution in [0.1, 0.15) is 60.3 Å². The Labute approximate surface area is 90.5 Å². The molecule has 1 aliphatic rings. The van der Waals surface area contributed by atoms with Gasteiger partial charge in [-0.3, -0.25) is 0 Å². The molecule has 0 radical (unpaired) electrons. The molecule has 0 aliphatic heterocycles. The number of hydrogen-bond donors (Lipinski definition) is 0. The molecule has 0 nitrogen and oxygen atoms in total. The highest BCUT2D eigenvalue weighted by atomic mass is 14.5. The lowest BCUT2D eigenvalue weighted by molar-refractivity contribution is 0.215. The monoisotopic (exact) mass is 196 g/mol. The molecule has 0 aromatic carbocycles. The minimum Gasteiger partial charge on any atom is -0.0654 e. The second kappa shape index (κ2) is 5.19. The van der Waals surface area contributed by atoms with Crippen molar-refractivity contribution in [1.82, 2.24) is 0 Å². The van der Waals surface area contributed by atoms with Crippen molar-refractivity contribution in [2.24, 2.45) is 29.6 Å². The van der Waals surface area contributed by atoms with Gasteiger partial charge in [0.15, 0.2) is 0 Å². The highest BCUT2D eigenvalue weighted by Crippen LogP contribution is 2.48. The fourth-order valence-electron chi connectivity index (χ4n) is 3.11. The Bertz CT molecular complexity index is 159. The minimum absolute atomic E-state index is 0.940. The maximum Gasteiger partial charge on any atom is -0.0357 e. The van der Waals surface area contributed by atoms with Crippen molar-refractivity contribution in [3.63, 3.8) is 0 Å². The molecule has 0 aromatic heterocycles. The third-order valence-corrected chi connectivity index (χ3v) is 4.60. The molecule has 1 saturated carbocycles. The van der Waals surface area contributed by atoms with Gasteiger partial charge in [0.05, 0.1) is 0 Å². The van der Waals surface area contributed by atoms with Crippen molar-refractivity contribution in [1.29, 1.82) is 0 Å². The Hall–Kier alpha value is 0. The molecular formula is C14H28.